The molecule has 4 nitrogen and oxygen atoms in total. The SMILES string of the molecule is CC(CCO)NC(=O)C(C)C1CCOCC1. The molecule has 0 spiro atoms. The Kier molecular flexibility index (Phi) is 5.77. The first-order chi connectivity index (χ1) is 7.65. The van der Waals surface area contributed by atoms with Gasteiger partial charge in [0, 0.05) is 31.8 Å². The average Bonchev–Trinajstić information content (AvgIpc) is 2.29. The van der Waals surface area contributed by atoms with Crippen molar-refractivity contribution >= 4 is 5.91 Å². The second-order valence-electron chi connectivity index (χ2n) is 4.66. The number of ether oxygens (including phenoxy) is 1. The van der Waals surface area contributed by atoms with Crippen molar-refractivity contribution in [3.8, 4) is 0 Å². The molecule has 1 fully saturated rings. The van der Waals surface area contributed by atoms with Crippen LogP contribution >= 0.6 is 0 Å². The molecule has 0 aromatic rings. The minimum atomic E-state index is 0.0463. The van der Waals surface area contributed by atoms with Gasteiger partial charge >= 0.3 is 0 Å². The van der Waals surface area contributed by atoms with Crippen molar-refractivity contribution in [3.05, 3.63) is 0 Å². The number of nitrogens with one attached hydrogen (secondary N) is 1. The van der Waals surface area contributed by atoms with Crippen LogP contribution in [0.15, 0.2) is 0 Å². The Balaban J connectivity index is 2.34. The molecule has 1 rings (SSSR count). The normalized spacial score (nSPS) is 21.4. The first-order valence-corrected chi connectivity index (χ1v) is 6.14. The van der Waals surface area contributed by atoms with Crippen LogP contribution < -0.4 is 5.32 Å². The van der Waals surface area contributed by atoms with E-state index in [1.807, 2.05) is 13.8 Å². The van der Waals surface area contributed by atoms with Crippen LogP contribution in [0.5, 0.6) is 0 Å². The summed E-state index contributed by atoms with van der Waals surface area (Å²) in [6, 6.07) is 0.0554. The first-order valence-electron chi connectivity index (χ1n) is 6.14. The van der Waals surface area contributed by atoms with E-state index in [1.165, 1.54) is 0 Å². The van der Waals surface area contributed by atoms with Crippen LogP contribution in [0, 0.1) is 11.8 Å². The topological polar surface area (TPSA) is 58.6 Å². The molecule has 1 aliphatic rings. The summed E-state index contributed by atoms with van der Waals surface area (Å²) in [5, 5.41) is 11.7. The van der Waals surface area contributed by atoms with Gasteiger partial charge in [0.05, 0.1) is 0 Å². The van der Waals surface area contributed by atoms with Gasteiger partial charge in [0.15, 0.2) is 0 Å². The molecule has 1 saturated heterocycles. The van der Waals surface area contributed by atoms with Gasteiger partial charge in [-0.05, 0) is 32.1 Å². The summed E-state index contributed by atoms with van der Waals surface area (Å²) in [6.07, 6.45) is 2.57. The molecule has 0 aliphatic carbocycles. The van der Waals surface area contributed by atoms with Gasteiger partial charge in [-0.15, -0.1) is 0 Å². The van der Waals surface area contributed by atoms with E-state index in [9.17, 15) is 4.79 Å². The Morgan fingerprint density at radius 1 is 1.44 bits per heavy atom. The predicted octanol–water partition coefficient (Wildman–Crippen LogP) is 0.936. The zero-order valence-corrected chi connectivity index (χ0v) is 10.2. The molecule has 1 amide bonds. The zero-order chi connectivity index (χ0) is 12.0. The van der Waals surface area contributed by atoms with E-state index in [2.05, 4.69) is 5.32 Å². The third kappa shape index (κ3) is 4.10. The summed E-state index contributed by atoms with van der Waals surface area (Å²) in [5.74, 6) is 0.591. The summed E-state index contributed by atoms with van der Waals surface area (Å²) < 4.78 is 5.28. The molecule has 0 aromatic carbocycles. The van der Waals surface area contributed by atoms with Crippen molar-refractivity contribution in [2.24, 2.45) is 11.8 Å². The summed E-state index contributed by atoms with van der Waals surface area (Å²) in [5.41, 5.74) is 0. The van der Waals surface area contributed by atoms with Crippen LogP contribution in [-0.4, -0.2) is 36.9 Å². The molecule has 2 N–H and O–H groups in total. The number of rotatable bonds is 5. The highest BCUT2D eigenvalue weighted by Gasteiger charge is 2.26. The van der Waals surface area contributed by atoms with Crippen LogP contribution in [0.3, 0.4) is 0 Å². The fraction of sp³-hybridized carbons (Fsp3) is 0.917. The van der Waals surface area contributed by atoms with Crippen molar-refractivity contribution in [3.63, 3.8) is 0 Å². The van der Waals surface area contributed by atoms with Gasteiger partial charge in [-0.2, -0.15) is 0 Å². The van der Waals surface area contributed by atoms with Crippen LogP contribution in [0.1, 0.15) is 33.1 Å². The highest BCUT2D eigenvalue weighted by molar-refractivity contribution is 5.78. The van der Waals surface area contributed by atoms with Gasteiger partial charge < -0.3 is 15.2 Å². The maximum atomic E-state index is 11.9. The van der Waals surface area contributed by atoms with E-state index < -0.39 is 0 Å². The Hall–Kier alpha value is -0.610. The number of carbonyl (C=O) groups is 1. The van der Waals surface area contributed by atoms with E-state index in [4.69, 9.17) is 9.84 Å². The number of carbonyl (C=O) groups excluding carboxylic acids is 1. The van der Waals surface area contributed by atoms with Crippen molar-refractivity contribution in [1.82, 2.24) is 5.32 Å². The van der Waals surface area contributed by atoms with E-state index in [-0.39, 0.29) is 24.5 Å². The van der Waals surface area contributed by atoms with E-state index in [1.54, 1.807) is 0 Å². The quantitative estimate of drug-likeness (QED) is 0.737. The highest BCUT2D eigenvalue weighted by atomic mass is 16.5. The van der Waals surface area contributed by atoms with E-state index in [0.717, 1.165) is 26.1 Å². The molecule has 1 heterocycles. The molecule has 16 heavy (non-hydrogen) atoms. The van der Waals surface area contributed by atoms with Gasteiger partial charge in [-0.3, -0.25) is 4.79 Å². The molecular formula is C12H23NO3. The lowest BCUT2D eigenvalue weighted by Gasteiger charge is -2.27. The largest absolute Gasteiger partial charge is 0.396 e. The van der Waals surface area contributed by atoms with Crippen molar-refractivity contribution in [1.29, 1.82) is 0 Å². The molecule has 0 aromatic heterocycles. The maximum absolute atomic E-state index is 11.9. The van der Waals surface area contributed by atoms with Crippen LogP contribution in [0.2, 0.25) is 0 Å². The lowest BCUT2D eigenvalue weighted by molar-refractivity contribution is -0.127. The predicted molar refractivity (Wildman–Crippen MR) is 62.0 cm³/mol. The zero-order valence-electron chi connectivity index (χ0n) is 10.2. The highest BCUT2D eigenvalue weighted by Crippen LogP contribution is 2.23. The summed E-state index contributed by atoms with van der Waals surface area (Å²) in [6.45, 7) is 5.57. The maximum Gasteiger partial charge on any atom is 0.223 e. The summed E-state index contributed by atoms with van der Waals surface area (Å²) >= 11 is 0. The third-order valence-electron chi connectivity index (χ3n) is 3.34. The van der Waals surface area contributed by atoms with Gasteiger partial charge in [-0.25, -0.2) is 0 Å². The smallest absolute Gasteiger partial charge is 0.223 e. The van der Waals surface area contributed by atoms with Crippen LogP contribution in [0.25, 0.3) is 0 Å². The number of aliphatic hydroxyl groups is 1. The fourth-order valence-corrected chi connectivity index (χ4v) is 2.07. The Morgan fingerprint density at radius 3 is 2.62 bits per heavy atom. The Bertz CT molecular complexity index is 214. The summed E-state index contributed by atoms with van der Waals surface area (Å²) in [4.78, 5) is 11.9. The monoisotopic (exact) mass is 229 g/mol. The number of hydrogen-bond donors (Lipinski definition) is 2. The third-order valence-corrected chi connectivity index (χ3v) is 3.34. The van der Waals surface area contributed by atoms with Gasteiger partial charge in [0.2, 0.25) is 5.91 Å². The first kappa shape index (κ1) is 13.5. The lowest BCUT2D eigenvalue weighted by atomic mass is 9.86. The molecule has 0 radical (unpaired) electrons. The van der Waals surface area contributed by atoms with Crippen molar-refractivity contribution in [2.75, 3.05) is 19.8 Å². The second kappa shape index (κ2) is 6.86. The van der Waals surface area contributed by atoms with Crippen molar-refractivity contribution < 1.29 is 14.6 Å². The average molecular weight is 229 g/mol. The Morgan fingerprint density at radius 2 is 2.06 bits per heavy atom. The van der Waals surface area contributed by atoms with E-state index in [0.29, 0.717) is 12.3 Å². The van der Waals surface area contributed by atoms with E-state index >= 15 is 0 Å². The molecule has 0 bridgehead atoms. The van der Waals surface area contributed by atoms with Crippen molar-refractivity contribution in [2.45, 2.75) is 39.2 Å². The lowest BCUT2D eigenvalue weighted by Crippen LogP contribution is -2.40. The Labute approximate surface area is 97.4 Å². The molecule has 2 unspecified atom stereocenters. The molecule has 0 saturated carbocycles. The molecule has 4 heteroatoms. The summed E-state index contributed by atoms with van der Waals surface area (Å²) in [7, 11) is 0. The number of hydrogen-bond acceptors (Lipinski definition) is 3. The fourth-order valence-electron chi connectivity index (χ4n) is 2.07. The van der Waals surface area contributed by atoms with Gasteiger partial charge in [0.1, 0.15) is 0 Å². The standard InChI is InChI=1S/C12H23NO3/c1-9(3-6-14)13-12(15)10(2)11-4-7-16-8-5-11/h9-11,14H,3-8H2,1-2H3,(H,13,15). The molecular weight excluding hydrogens is 206 g/mol. The molecule has 94 valence electrons. The van der Waals surface area contributed by atoms with Crippen LogP contribution in [0.4, 0.5) is 0 Å². The molecule has 2 atom stereocenters. The second-order valence-corrected chi connectivity index (χ2v) is 4.66. The number of amides is 1. The minimum absolute atomic E-state index is 0.0463. The molecule has 1 aliphatic heterocycles. The van der Waals surface area contributed by atoms with Crippen LogP contribution in [-0.2, 0) is 9.53 Å². The number of aliphatic hydroxyl groups excluding tert-OH is 1. The van der Waals surface area contributed by atoms with Gasteiger partial charge in [0.25, 0.3) is 0 Å². The minimum Gasteiger partial charge on any atom is -0.396 e. The van der Waals surface area contributed by atoms with Gasteiger partial charge in [-0.1, -0.05) is 6.92 Å².